The number of allylic oxidation sites excluding steroid dienone is 2. The summed E-state index contributed by atoms with van der Waals surface area (Å²) < 4.78 is 76.1. The molecule has 1 rings (SSSR count). The Labute approximate surface area is 103 Å². The van der Waals surface area contributed by atoms with Crippen molar-refractivity contribution in [2.75, 3.05) is 0 Å². The zero-order valence-electron chi connectivity index (χ0n) is 9.03. The molecule has 0 aliphatic heterocycles. The molecule has 0 amide bonds. The van der Waals surface area contributed by atoms with E-state index in [1.165, 1.54) is 6.92 Å². The summed E-state index contributed by atoms with van der Waals surface area (Å²) in [6.07, 6.45) is -8.41. The number of rotatable bonds is 0. The van der Waals surface area contributed by atoms with Crippen molar-refractivity contribution in [1.82, 2.24) is 0 Å². The summed E-state index contributed by atoms with van der Waals surface area (Å²) in [6.45, 7) is 2.27. The lowest BCUT2D eigenvalue weighted by atomic mass is 9.73. The van der Waals surface area contributed by atoms with E-state index in [1.54, 1.807) is 0 Å². The molecule has 0 fully saturated rings. The van der Waals surface area contributed by atoms with Crippen LogP contribution in [0.2, 0.25) is 0 Å². The van der Waals surface area contributed by atoms with Crippen molar-refractivity contribution in [2.45, 2.75) is 31.0 Å². The minimum Gasteiger partial charge on any atom is -0.171 e. The van der Waals surface area contributed by atoms with E-state index in [4.69, 9.17) is 0 Å². The lowest BCUT2D eigenvalue weighted by Gasteiger charge is -2.39. The first-order valence-electron chi connectivity index (χ1n) is 4.92. The van der Waals surface area contributed by atoms with Crippen LogP contribution in [0.1, 0.15) is 13.8 Å². The highest BCUT2D eigenvalue weighted by molar-refractivity contribution is 9.09. The van der Waals surface area contributed by atoms with Crippen molar-refractivity contribution in [3.05, 3.63) is 11.6 Å². The van der Waals surface area contributed by atoms with E-state index in [2.05, 4.69) is 15.9 Å². The standard InChI is InChI=1S/C10H11BrF6/c1-4-3-6(9(12,13)14)5(2)7(8(4)11)10(15,16)17/h3,5-8H,1-2H3. The van der Waals surface area contributed by atoms with Crippen LogP contribution >= 0.6 is 15.9 Å². The monoisotopic (exact) mass is 324 g/mol. The molecule has 1 aliphatic rings. The third-order valence-corrected chi connectivity index (χ3v) is 4.37. The normalized spacial score (nSPS) is 35.7. The highest BCUT2D eigenvalue weighted by Crippen LogP contribution is 2.50. The molecule has 0 N–H and O–H groups in total. The quantitative estimate of drug-likeness (QED) is 0.344. The molecule has 4 atom stereocenters. The zero-order valence-corrected chi connectivity index (χ0v) is 10.6. The second-order valence-electron chi connectivity index (χ2n) is 4.31. The Bertz CT molecular complexity index is 316. The predicted molar refractivity (Wildman–Crippen MR) is 54.7 cm³/mol. The number of hydrogen-bond acceptors (Lipinski definition) is 0. The van der Waals surface area contributed by atoms with Gasteiger partial charge in [-0.2, -0.15) is 26.3 Å². The summed E-state index contributed by atoms with van der Waals surface area (Å²) in [6, 6.07) is 0. The highest BCUT2D eigenvalue weighted by atomic mass is 79.9. The predicted octanol–water partition coefficient (Wildman–Crippen LogP) is 4.70. The van der Waals surface area contributed by atoms with Gasteiger partial charge in [0.25, 0.3) is 0 Å². The van der Waals surface area contributed by atoms with Gasteiger partial charge in [-0.05, 0) is 12.8 Å². The van der Waals surface area contributed by atoms with E-state index in [-0.39, 0.29) is 5.57 Å². The van der Waals surface area contributed by atoms with Crippen LogP contribution in [-0.2, 0) is 0 Å². The molecular formula is C10H11BrF6. The second-order valence-corrected chi connectivity index (χ2v) is 5.29. The minimum absolute atomic E-state index is 0.0766. The topological polar surface area (TPSA) is 0 Å². The summed E-state index contributed by atoms with van der Waals surface area (Å²) in [5.74, 6) is -5.58. The molecule has 0 aromatic carbocycles. The van der Waals surface area contributed by atoms with Crippen molar-refractivity contribution in [1.29, 1.82) is 0 Å². The lowest BCUT2D eigenvalue weighted by molar-refractivity contribution is -0.222. The second kappa shape index (κ2) is 4.48. The smallest absolute Gasteiger partial charge is 0.171 e. The minimum atomic E-state index is -4.65. The van der Waals surface area contributed by atoms with E-state index in [9.17, 15) is 26.3 Å². The fourth-order valence-electron chi connectivity index (χ4n) is 2.16. The molecular weight excluding hydrogens is 314 g/mol. The van der Waals surface area contributed by atoms with Crippen LogP contribution in [0.3, 0.4) is 0 Å². The fraction of sp³-hybridized carbons (Fsp3) is 0.800. The Hall–Kier alpha value is -0.200. The maximum Gasteiger partial charge on any atom is 0.395 e. The van der Waals surface area contributed by atoms with E-state index in [1.807, 2.05) is 0 Å². The van der Waals surface area contributed by atoms with Crippen LogP contribution < -0.4 is 0 Å². The van der Waals surface area contributed by atoms with E-state index >= 15 is 0 Å². The molecule has 17 heavy (non-hydrogen) atoms. The van der Waals surface area contributed by atoms with Gasteiger partial charge in [0, 0.05) is 4.83 Å². The summed E-state index contributed by atoms with van der Waals surface area (Å²) >= 11 is 2.83. The van der Waals surface area contributed by atoms with Gasteiger partial charge in [0.1, 0.15) is 0 Å². The lowest BCUT2D eigenvalue weighted by Crippen LogP contribution is -2.45. The average molecular weight is 325 g/mol. The van der Waals surface area contributed by atoms with Gasteiger partial charge in [-0.25, -0.2) is 0 Å². The SMILES string of the molecule is CC1=CC(C(F)(F)F)C(C)C(C(F)(F)F)C1Br. The third kappa shape index (κ3) is 2.98. The number of alkyl halides is 7. The van der Waals surface area contributed by atoms with E-state index < -0.39 is 34.9 Å². The molecule has 0 aromatic heterocycles. The number of hydrogen-bond donors (Lipinski definition) is 0. The molecule has 0 bridgehead atoms. The maximum absolute atomic E-state index is 12.8. The summed E-state index contributed by atoms with van der Waals surface area (Å²) in [4.78, 5) is -1.09. The molecule has 0 saturated heterocycles. The van der Waals surface area contributed by atoms with Gasteiger partial charge in [0.2, 0.25) is 0 Å². The van der Waals surface area contributed by atoms with Crippen molar-refractivity contribution in [3.63, 3.8) is 0 Å². The van der Waals surface area contributed by atoms with Crippen molar-refractivity contribution < 1.29 is 26.3 Å². The molecule has 100 valence electrons. The Balaban J connectivity index is 3.17. The molecule has 7 heteroatoms. The van der Waals surface area contributed by atoms with E-state index in [0.717, 1.165) is 13.0 Å². The highest BCUT2D eigenvalue weighted by Gasteiger charge is 2.56. The maximum atomic E-state index is 12.8. The summed E-state index contributed by atoms with van der Waals surface area (Å²) in [7, 11) is 0. The first-order valence-corrected chi connectivity index (χ1v) is 5.83. The van der Waals surface area contributed by atoms with Crippen LogP contribution in [0, 0.1) is 17.8 Å². The number of halogens is 7. The van der Waals surface area contributed by atoms with Crippen LogP contribution in [-0.4, -0.2) is 17.2 Å². The van der Waals surface area contributed by atoms with Gasteiger partial charge in [-0.15, -0.1) is 0 Å². The first kappa shape index (κ1) is 14.9. The first-order chi connectivity index (χ1) is 7.46. The Morgan fingerprint density at radius 2 is 1.53 bits per heavy atom. The molecule has 0 spiro atoms. The summed E-state index contributed by atoms with van der Waals surface area (Å²) in [5.41, 5.74) is 0.0766. The molecule has 0 aromatic rings. The van der Waals surface area contributed by atoms with Gasteiger partial charge in [-0.3, -0.25) is 0 Å². The van der Waals surface area contributed by atoms with Gasteiger partial charge >= 0.3 is 12.4 Å². The van der Waals surface area contributed by atoms with Gasteiger partial charge < -0.3 is 0 Å². The molecule has 0 saturated carbocycles. The van der Waals surface area contributed by atoms with Gasteiger partial charge in [-0.1, -0.05) is 34.5 Å². The summed E-state index contributed by atoms with van der Waals surface area (Å²) in [5, 5.41) is 0. The fourth-order valence-corrected chi connectivity index (χ4v) is 3.09. The Morgan fingerprint density at radius 1 is 1.06 bits per heavy atom. The average Bonchev–Trinajstić information content (AvgIpc) is 2.07. The Kier molecular flexibility index (Phi) is 3.91. The zero-order chi connectivity index (χ0) is 13.6. The van der Waals surface area contributed by atoms with Crippen molar-refractivity contribution in [2.24, 2.45) is 17.8 Å². The van der Waals surface area contributed by atoms with Gasteiger partial charge in [0.05, 0.1) is 11.8 Å². The van der Waals surface area contributed by atoms with Crippen LogP contribution in [0.15, 0.2) is 11.6 Å². The third-order valence-electron chi connectivity index (χ3n) is 3.08. The molecule has 4 unspecified atom stereocenters. The van der Waals surface area contributed by atoms with Crippen molar-refractivity contribution >= 4 is 15.9 Å². The van der Waals surface area contributed by atoms with Gasteiger partial charge in [0.15, 0.2) is 0 Å². The molecule has 0 heterocycles. The van der Waals surface area contributed by atoms with E-state index in [0.29, 0.717) is 0 Å². The Morgan fingerprint density at radius 3 is 1.88 bits per heavy atom. The van der Waals surface area contributed by atoms with Crippen LogP contribution in [0.25, 0.3) is 0 Å². The van der Waals surface area contributed by atoms with Crippen LogP contribution in [0.4, 0.5) is 26.3 Å². The van der Waals surface area contributed by atoms with Crippen LogP contribution in [0.5, 0.6) is 0 Å². The molecule has 0 nitrogen and oxygen atoms in total. The van der Waals surface area contributed by atoms with Crippen molar-refractivity contribution in [3.8, 4) is 0 Å². The largest absolute Gasteiger partial charge is 0.395 e. The molecule has 0 radical (unpaired) electrons. The molecule has 1 aliphatic carbocycles.